The van der Waals surface area contributed by atoms with Crippen molar-refractivity contribution < 1.29 is 4.79 Å². The van der Waals surface area contributed by atoms with Crippen molar-refractivity contribution in [2.24, 2.45) is 0 Å². The van der Waals surface area contributed by atoms with E-state index in [9.17, 15) is 4.79 Å². The molecule has 3 rings (SSSR count). The number of para-hydroxylation sites is 1. The summed E-state index contributed by atoms with van der Waals surface area (Å²) < 4.78 is 0. The van der Waals surface area contributed by atoms with Crippen LogP contribution in [0.2, 0.25) is 0 Å². The van der Waals surface area contributed by atoms with Crippen LogP contribution in [0.15, 0.2) is 54.6 Å². The number of likely N-dealkylation sites (N-methyl/N-ethyl adjacent to an activating group) is 1. The Morgan fingerprint density at radius 3 is 2.35 bits per heavy atom. The molecular formula is C19H23N3O. The van der Waals surface area contributed by atoms with Gasteiger partial charge in [0.25, 0.3) is 0 Å². The van der Waals surface area contributed by atoms with E-state index in [0.717, 1.165) is 24.5 Å². The van der Waals surface area contributed by atoms with Gasteiger partial charge in [0.1, 0.15) is 0 Å². The lowest BCUT2D eigenvalue weighted by molar-refractivity contribution is -0.116. The van der Waals surface area contributed by atoms with Crippen LogP contribution in [0.25, 0.3) is 0 Å². The fourth-order valence-electron chi connectivity index (χ4n) is 2.86. The third-order valence-corrected chi connectivity index (χ3v) is 4.30. The lowest BCUT2D eigenvalue weighted by atomic mass is 10.2. The van der Waals surface area contributed by atoms with Crippen molar-refractivity contribution >= 4 is 23.0 Å². The van der Waals surface area contributed by atoms with Gasteiger partial charge in [-0.2, -0.15) is 0 Å². The summed E-state index contributed by atoms with van der Waals surface area (Å²) in [5.74, 6) is 0.0415. The van der Waals surface area contributed by atoms with Crippen molar-refractivity contribution in [1.29, 1.82) is 0 Å². The summed E-state index contributed by atoms with van der Waals surface area (Å²) in [6.07, 6.45) is 2.56. The summed E-state index contributed by atoms with van der Waals surface area (Å²) in [5.41, 5.74) is 3.15. The third kappa shape index (κ3) is 3.83. The van der Waals surface area contributed by atoms with Gasteiger partial charge in [-0.15, -0.1) is 0 Å². The number of benzene rings is 2. The van der Waals surface area contributed by atoms with Crippen LogP contribution in [-0.2, 0) is 4.79 Å². The number of nitrogens with one attached hydrogen (secondary N) is 1. The lowest BCUT2D eigenvalue weighted by Crippen LogP contribution is -2.32. The summed E-state index contributed by atoms with van der Waals surface area (Å²) in [6.45, 7) is 2.58. The van der Waals surface area contributed by atoms with E-state index in [1.165, 1.54) is 18.5 Å². The number of anilines is 3. The summed E-state index contributed by atoms with van der Waals surface area (Å²) in [5, 5.41) is 3.20. The molecule has 1 fully saturated rings. The van der Waals surface area contributed by atoms with Crippen LogP contribution in [0.5, 0.6) is 0 Å². The second-order valence-electron chi connectivity index (χ2n) is 5.88. The van der Waals surface area contributed by atoms with Gasteiger partial charge in [0.2, 0.25) is 5.91 Å². The van der Waals surface area contributed by atoms with Gasteiger partial charge in [0, 0.05) is 37.2 Å². The maximum atomic E-state index is 12.2. The molecule has 0 saturated carbocycles. The van der Waals surface area contributed by atoms with Crippen molar-refractivity contribution in [3.05, 3.63) is 54.6 Å². The van der Waals surface area contributed by atoms with E-state index < -0.39 is 0 Å². The van der Waals surface area contributed by atoms with Crippen LogP contribution in [-0.4, -0.2) is 32.6 Å². The molecule has 0 radical (unpaired) electrons. The molecule has 120 valence electrons. The highest BCUT2D eigenvalue weighted by Crippen LogP contribution is 2.22. The fraction of sp³-hybridized carbons (Fsp3) is 0.316. The maximum absolute atomic E-state index is 12.2. The van der Waals surface area contributed by atoms with E-state index in [2.05, 4.69) is 22.3 Å². The van der Waals surface area contributed by atoms with Crippen LogP contribution in [0.3, 0.4) is 0 Å². The van der Waals surface area contributed by atoms with Crippen LogP contribution >= 0.6 is 0 Å². The van der Waals surface area contributed by atoms with E-state index >= 15 is 0 Å². The van der Waals surface area contributed by atoms with Gasteiger partial charge in [-0.25, -0.2) is 0 Å². The van der Waals surface area contributed by atoms with Gasteiger partial charge < -0.3 is 15.1 Å². The SMILES string of the molecule is CN(C(=O)CNc1ccc(N2CCCC2)cc1)c1ccccc1. The Morgan fingerprint density at radius 1 is 1.04 bits per heavy atom. The molecule has 0 aliphatic carbocycles. The van der Waals surface area contributed by atoms with Crippen LogP contribution < -0.4 is 15.1 Å². The van der Waals surface area contributed by atoms with Gasteiger partial charge in [-0.1, -0.05) is 18.2 Å². The largest absolute Gasteiger partial charge is 0.376 e. The predicted molar refractivity (Wildman–Crippen MR) is 96.2 cm³/mol. The lowest BCUT2D eigenvalue weighted by Gasteiger charge is -2.19. The van der Waals surface area contributed by atoms with E-state index in [1.807, 2.05) is 42.5 Å². The van der Waals surface area contributed by atoms with E-state index in [1.54, 1.807) is 11.9 Å². The molecule has 0 aromatic heterocycles. The Kier molecular flexibility index (Phi) is 4.81. The normalized spacial score (nSPS) is 13.9. The van der Waals surface area contributed by atoms with Crippen molar-refractivity contribution in [2.45, 2.75) is 12.8 Å². The summed E-state index contributed by atoms with van der Waals surface area (Å²) in [7, 11) is 1.80. The fourth-order valence-corrected chi connectivity index (χ4v) is 2.86. The molecule has 1 amide bonds. The minimum Gasteiger partial charge on any atom is -0.376 e. The standard InChI is InChI=1S/C19H23N3O/c1-21(17-7-3-2-4-8-17)19(23)15-20-16-9-11-18(12-10-16)22-13-5-6-14-22/h2-4,7-12,20H,5-6,13-15H2,1H3. The first kappa shape index (κ1) is 15.4. The van der Waals surface area contributed by atoms with Crippen LogP contribution in [0, 0.1) is 0 Å². The third-order valence-electron chi connectivity index (χ3n) is 4.30. The number of carbonyl (C=O) groups excluding carboxylic acids is 1. The Bertz CT molecular complexity index is 633. The molecule has 0 unspecified atom stereocenters. The monoisotopic (exact) mass is 309 g/mol. The highest BCUT2D eigenvalue weighted by Gasteiger charge is 2.12. The molecule has 0 atom stereocenters. The van der Waals surface area contributed by atoms with Gasteiger partial charge in [-0.3, -0.25) is 4.79 Å². The van der Waals surface area contributed by atoms with Gasteiger partial charge in [0.05, 0.1) is 6.54 Å². The molecule has 1 aliphatic heterocycles. The van der Waals surface area contributed by atoms with Crippen LogP contribution in [0.1, 0.15) is 12.8 Å². The quantitative estimate of drug-likeness (QED) is 0.920. The molecule has 1 heterocycles. The summed E-state index contributed by atoms with van der Waals surface area (Å²) in [6, 6.07) is 18.0. The Labute approximate surface area is 137 Å². The second kappa shape index (κ2) is 7.18. The minimum atomic E-state index is 0.0415. The zero-order valence-electron chi connectivity index (χ0n) is 13.5. The van der Waals surface area contributed by atoms with Gasteiger partial charge in [-0.05, 0) is 49.2 Å². The predicted octanol–water partition coefficient (Wildman–Crippen LogP) is 3.36. The molecule has 2 aromatic rings. The number of carbonyl (C=O) groups is 1. The molecule has 1 aliphatic rings. The molecule has 2 aromatic carbocycles. The van der Waals surface area contributed by atoms with Crippen molar-refractivity contribution in [2.75, 3.05) is 41.8 Å². The van der Waals surface area contributed by atoms with Crippen molar-refractivity contribution in [1.82, 2.24) is 0 Å². The highest BCUT2D eigenvalue weighted by molar-refractivity contribution is 5.95. The van der Waals surface area contributed by atoms with Crippen molar-refractivity contribution in [3.63, 3.8) is 0 Å². The Morgan fingerprint density at radius 2 is 1.70 bits per heavy atom. The highest BCUT2D eigenvalue weighted by atomic mass is 16.2. The first-order valence-corrected chi connectivity index (χ1v) is 8.14. The topological polar surface area (TPSA) is 35.6 Å². The first-order chi connectivity index (χ1) is 11.2. The molecular weight excluding hydrogens is 286 g/mol. The second-order valence-corrected chi connectivity index (χ2v) is 5.88. The van der Waals surface area contributed by atoms with Gasteiger partial charge in [0.15, 0.2) is 0 Å². The molecule has 4 nitrogen and oxygen atoms in total. The molecule has 0 bridgehead atoms. The average Bonchev–Trinajstić information content (AvgIpc) is 3.15. The summed E-state index contributed by atoms with van der Waals surface area (Å²) >= 11 is 0. The number of hydrogen-bond acceptors (Lipinski definition) is 3. The van der Waals surface area contributed by atoms with E-state index in [0.29, 0.717) is 0 Å². The maximum Gasteiger partial charge on any atom is 0.246 e. The molecule has 4 heteroatoms. The van der Waals surface area contributed by atoms with E-state index in [4.69, 9.17) is 0 Å². The molecule has 1 saturated heterocycles. The number of nitrogens with zero attached hydrogens (tertiary/aromatic N) is 2. The number of amides is 1. The number of rotatable bonds is 5. The van der Waals surface area contributed by atoms with E-state index in [-0.39, 0.29) is 12.5 Å². The molecule has 23 heavy (non-hydrogen) atoms. The minimum absolute atomic E-state index is 0.0415. The van der Waals surface area contributed by atoms with Crippen LogP contribution in [0.4, 0.5) is 17.1 Å². The Balaban J connectivity index is 1.54. The van der Waals surface area contributed by atoms with Gasteiger partial charge >= 0.3 is 0 Å². The first-order valence-electron chi connectivity index (χ1n) is 8.14. The smallest absolute Gasteiger partial charge is 0.246 e. The zero-order chi connectivity index (χ0) is 16.1. The molecule has 0 spiro atoms. The molecule has 1 N–H and O–H groups in total. The summed E-state index contributed by atoms with van der Waals surface area (Å²) in [4.78, 5) is 16.3. The average molecular weight is 309 g/mol. The van der Waals surface area contributed by atoms with Crippen molar-refractivity contribution in [3.8, 4) is 0 Å². The Hall–Kier alpha value is -2.49. The zero-order valence-corrected chi connectivity index (χ0v) is 13.5. The number of hydrogen-bond donors (Lipinski definition) is 1.